The molecule has 0 amide bonds. The van der Waals surface area contributed by atoms with E-state index in [-0.39, 0.29) is 10.6 Å². The average Bonchev–Trinajstić information content (AvgIpc) is 2.25. The highest BCUT2D eigenvalue weighted by Crippen LogP contribution is 2.14. The van der Waals surface area contributed by atoms with Crippen molar-refractivity contribution in [3.05, 3.63) is 35.9 Å². The summed E-state index contributed by atoms with van der Waals surface area (Å²) < 4.78 is 15.7. The molecule has 1 aromatic carbocycles. The van der Waals surface area contributed by atoms with Crippen LogP contribution in [0.3, 0.4) is 0 Å². The zero-order valence-corrected chi connectivity index (χ0v) is 11.3. The van der Waals surface area contributed by atoms with Gasteiger partial charge < -0.3 is 0 Å². The Kier molecular flexibility index (Phi) is 4.69. The quantitative estimate of drug-likeness (QED) is 0.604. The van der Waals surface area contributed by atoms with E-state index < -0.39 is 11.0 Å². The second-order valence-electron chi connectivity index (χ2n) is 4.40. The van der Waals surface area contributed by atoms with Gasteiger partial charge in [0.1, 0.15) is 11.0 Å². The number of hydrogen-bond acceptors (Lipinski definition) is 1. The topological polar surface area (TPSA) is 29.4 Å². The summed E-state index contributed by atoms with van der Waals surface area (Å²) in [6.45, 7) is 5.68. The van der Waals surface area contributed by atoms with E-state index in [1.54, 1.807) is 0 Å². The lowest BCUT2D eigenvalue weighted by Gasteiger charge is -2.14. The molecule has 0 spiro atoms. The van der Waals surface area contributed by atoms with Crippen molar-refractivity contribution in [1.29, 1.82) is 0 Å². The molecule has 0 fully saturated rings. The van der Waals surface area contributed by atoms with Crippen molar-refractivity contribution in [2.75, 3.05) is 5.88 Å². The number of benzene rings is 1. The molecule has 0 bridgehead atoms. The smallest absolute Gasteiger partial charge is 0.145 e. The fourth-order valence-electron chi connectivity index (χ4n) is 1.02. The number of alkyl halides is 1. The molecule has 16 heavy (non-hydrogen) atoms. The van der Waals surface area contributed by atoms with Gasteiger partial charge in [0.05, 0.1) is 16.3 Å². The molecule has 0 saturated heterocycles. The van der Waals surface area contributed by atoms with E-state index in [0.717, 1.165) is 5.56 Å². The fourth-order valence-corrected chi connectivity index (χ4v) is 1.95. The predicted octanol–water partition coefficient (Wildman–Crippen LogP) is 3.18. The van der Waals surface area contributed by atoms with E-state index >= 15 is 0 Å². The summed E-state index contributed by atoms with van der Waals surface area (Å²) in [5.41, 5.74) is 1.60. The van der Waals surface area contributed by atoms with Crippen molar-refractivity contribution >= 4 is 28.3 Å². The van der Waals surface area contributed by atoms with Gasteiger partial charge in [-0.15, -0.1) is 11.6 Å². The Hall–Kier alpha value is -0.670. The first-order valence-electron chi connectivity index (χ1n) is 5.06. The zero-order valence-electron chi connectivity index (χ0n) is 9.74. The van der Waals surface area contributed by atoms with E-state index in [1.807, 2.05) is 51.1 Å². The highest BCUT2D eigenvalue weighted by molar-refractivity contribution is 7.85. The lowest BCUT2D eigenvalue weighted by molar-refractivity contribution is 0.650. The van der Waals surface area contributed by atoms with E-state index in [4.69, 9.17) is 11.6 Å². The first-order valence-corrected chi connectivity index (χ1v) is 6.70. The maximum atomic E-state index is 11.9. The van der Waals surface area contributed by atoms with Crippen LogP contribution in [0.1, 0.15) is 26.3 Å². The first kappa shape index (κ1) is 13.4. The third-order valence-electron chi connectivity index (χ3n) is 1.95. The van der Waals surface area contributed by atoms with Crippen LogP contribution in [0.4, 0.5) is 0 Å². The van der Waals surface area contributed by atoms with Crippen molar-refractivity contribution in [1.82, 2.24) is 0 Å². The molecule has 0 aromatic heterocycles. The lowest BCUT2D eigenvalue weighted by Crippen LogP contribution is -2.21. The van der Waals surface area contributed by atoms with Crippen LogP contribution < -0.4 is 0 Å². The van der Waals surface area contributed by atoms with Gasteiger partial charge in [0.15, 0.2) is 0 Å². The summed E-state index contributed by atoms with van der Waals surface area (Å²) in [5.74, 6) is 0.270. The van der Waals surface area contributed by atoms with Gasteiger partial charge in [-0.2, -0.15) is 4.40 Å². The van der Waals surface area contributed by atoms with E-state index in [9.17, 15) is 4.21 Å². The Morgan fingerprint density at radius 2 is 1.88 bits per heavy atom. The third-order valence-corrected chi connectivity index (χ3v) is 3.64. The van der Waals surface area contributed by atoms with Gasteiger partial charge in [-0.1, -0.05) is 30.3 Å². The van der Waals surface area contributed by atoms with Crippen molar-refractivity contribution in [2.45, 2.75) is 25.5 Å². The van der Waals surface area contributed by atoms with Gasteiger partial charge in [0.2, 0.25) is 0 Å². The molecule has 0 N–H and O–H groups in total. The largest absolute Gasteiger partial charge is 0.234 e. The van der Waals surface area contributed by atoms with Crippen LogP contribution in [0, 0.1) is 0 Å². The Bertz CT molecular complexity index is 395. The molecule has 0 aliphatic heterocycles. The minimum atomic E-state index is -1.26. The molecular formula is C12H16ClNOS. The summed E-state index contributed by atoms with van der Waals surface area (Å²) in [4.78, 5) is 0. The summed E-state index contributed by atoms with van der Waals surface area (Å²) in [7, 11) is -1.26. The Morgan fingerprint density at radius 1 is 1.31 bits per heavy atom. The Morgan fingerprint density at radius 3 is 2.31 bits per heavy atom. The maximum Gasteiger partial charge on any atom is 0.145 e. The predicted molar refractivity (Wildman–Crippen MR) is 71.6 cm³/mol. The zero-order chi connectivity index (χ0) is 12.2. The summed E-state index contributed by atoms with van der Waals surface area (Å²) in [6, 6.07) is 9.59. The van der Waals surface area contributed by atoms with E-state index in [1.165, 1.54) is 0 Å². The summed E-state index contributed by atoms with van der Waals surface area (Å²) in [5, 5.41) is 0. The third kappa shape index (κ3) is 3.72. The highest BCUT2D eigenvalue weighted by atomic mass is 35.5. The standard InChI is InChI=1S/C12H16ClNOS/c1-12(2,3)16(15)14-11(9-13)10-7-5-4-6-8-10/h4-8H,9H2,1-3H3/b14-11-/t16-/m0/s1. The van der Waals surface area contributed by atoms with Gasteiger partial charge >= 0.3 is 0 Å². The highest BCUT2D eigenvalue weighted by Gasteiger charge is 2.19. The molecule has 0 aliphatic carbocycles. The Labute approximate surface area is 104 Å². The van der Waals surface area contributed by atoms with Crippen LogP contribution in [0.15, 0.2) is 34.7 Å². The SMILES string of the molecule is CC(C)(C)[S@](=O)/N=C(/CCl)c1ccccc1. The molecule has 88 valence electrons. The molecule has 1 rings (SSSR count). The van der Waals surface area contributed by atoms with Gasteiger partial charge in [0, 0.05) is 0 Å². The van der Waals surface area contributed by atoms with Crippen LogP contribution in [0.5, 0.6) is 0 Å². The number of rotatable bonds is 3. The first-order chi connectivity index (χ1) is 7.45. The van der Waals surface area contributed by atoms with Crippen molar-refractivity contribution in [3.8, 4) is 0 Å². The van der Waals surface area contributed by atoms with E-state index in [0.29, 0.717) is 5.71 Å². The van der Waals surface area contributed by atoms with Gasteiger partial charge in [-0.3, -0.25) is 0 Å². The van der Waals surface area contributed by atoms with Gasteiger partial charge in [-0.25, -0.2) is 4.21 Å². The Balaban J connectivity index is 3.00. The molecule has 0 unspecified atom stereocenters. The molecule has 2 nitrogen and oxygen atoms in total. The molecule has 1 atom stereocenters. The number of hydrogen-bond donors (Lipinski definition) is 0. The minimum absolute atomic E-state index is 0.270. The molecule has 4 heteroatoms. The minimum Gasteiger partial charge on any atom is -0.234 e. The monoisotopic (exact) mass is 257 g/mol. The molecule has 0 heterocycles. The normalized spacial score (nSPS) is 14.9. The molecule has 0 aliphatic rings. The number of nitrogens with zero attached hydrogens (tertiary/aromatic N) is 1. The second kappa shape index (κ2) is 5.60. The molecule has 0 radical (unpaired) electrons. The van der Waals surface area contributed by atoms with Crippen molar-refractivity contribution in [2.24, 2.45) is 4.40 Å². The summed E-state index contributed by atoms with van der Waals surface area (Å²) >= 11 is 5.83. The van der Waals surface area contributed by atoms with Crippen molar-refractivity contribution in [3.63, 3.8) is 0 Å². The van der Waals surface area contributed by atoms with Crippen LogP contribution in [0.25, 0.3) is 0 Å². The van der Waals surface area contributed by atoms with Crippen LogP contribution in [-0.2, 0) is 11.0 Å². The number of halogens is 1. The van der Waals surface area contributed by atoms with Gasteiger partial charge in [0.25, 0.3) is 0 Å². The van der Waals surface area contributed by atoms with Crippen molar-refractivity contribution < 1.29 is 4.21 Å². The molecular weight excluding hydrogens is 242 g/mol. The van der Waals surface area contributed by atoms with Crippen LogP contribution in [-0.4, -0.2) is 20.5 Å². The second-order valence-corrected chi connectivity index (χ2v) is 6.57. The summed E-state index contributed by atoms with van der Waals surface area (Å²) in [6.07, 6.45) is 0. The van der Waals surface area contributed by atoms with Crippen LogP contribution >= 0.6 is 11.6 Å². The maximum absolute atomic E-state index is 11.9. The van der Waals surface area contributed by atoms with Crippen LogP contribution in [0.2, 0.25) is 0 Å². The van der Waals surface area contributed by atoms with E-state index in [2.05, 4.69) is 4.40 Å². The fraction of sp³-hybridized carbons (Fsp3) is 0.417. The molecule has 1 aromatic rings. The average molecular weight is 258 g/mol. The van der Waals surface area contributed by atoms with Gasteiger partial charge in [-0.05, 0) is 26.3 Å². The molecule has 0 saturated carbocycles. The lowest BCUT2D eigenvalue weighted by atomic mass is 10.1.